The Morgan fingerprint density at radius 1 is 1.00 bits per heavy atom. The Morgan fingerprint density at radius 2 is 1.71 bits per heavy atom. The Bertz CT molecular complexity index is 1290. The van der Waals surface area contributed by atoms with Gasteiger partial charge in [-0.2, -0.15) is 5.10 Å². The molecule has 0 bridgehead atoms. The van der Waals surface area contributed by atoms with E-state index in [9.17, 15) is 4.79 Å². The molecule has 10 heteroatoms. The molecule has 4 aromatic rings. The lowest BCUT2D eigenvalue weighted by molar-refractivity contribution is -0.128. The number of rotatable bonds is 6. The van der Waals surface area contributed by atoms with Crippen LogP contribution in [0.4, 0.5) is 5.69 Å². The molecule has 0 unspecified atom stereocenters. The van der Waals surface area contributed by atoms with Crippen molar-refractivity contribution >= 4 is 46.0 Å². The summed E-state index contributed by atoms with van der Waals surface area (Å²) in [5, 5.41) is 6.70. The molecule has 174 valence electrons. The molecular weight excluding hydrogens is 472 g/mol. The molecule has 1 amide bonds. The van der Waals surface area contributed by atoms with Crippen LogP contribution < -0.4 is 9.64 Å². The van der Waals surface area contributed by atoms with E-state index in [1.807, 2.05) is 41.3 Å². The Kier molecular flexibility index (Phi) is 6.55. The zero-order chi connectivity index (χ0) is 23.5. The number of hydrogen-bond acceptors (Lipinski definition) is 7. The predicted octanol–water partition coefficient (Wildman–Crippen LogP) is 3.92. The molecule has 0 atom stereocenters. The molecule has 0 saturated carbocycles. The van der Waals surface area contributed by atoms with E-state index in [4.69, 9.17) is 16.3 Å². The average Bonchev–Trinajstić information content (AvgIpc) is 3.33. The summed E-state index contributed by atoms with van der Waals surface area (Å²) in [6.07, 6.45) is 3.25. The second-order valence-electron chi connectivity index (χ2n) is 7.80. The van der Waals surface area contributed by atoms with E-state index in [1.54, 1.807) is 18.0 Å². The van der Waals surface area contributed by atoms with Gasteiger partial charge in [-0.25, -0.2) is 14.6 Å². The Balaban J connectivity index is 1.21. The van der Waals surface area contributed by atoms with E-state index in [-0.39, 0.29) is 5.91 Å². The van der Waals surface area contributed by atoms with Crippen LogP contribution in [0.1, 0.15) is 0 Å². The van der Waals surface area contributed by atoms with Crippen molar-refractivity contribution in [1.82, 2.24) is 24.6 Å². The number of anilines is 1. The molecule has 5 rings (SSSR count). The van der Waals surface area contributed by atoms with Gasteiger partial charge in [-0.05, 0) is 48.5 Å². The molecule has 8 nitrogen and oxygen atoms in total. The van der Waals surface area contributed by atoms with Gasteiger partial charge in [0.25, 0.3) is 0 Å². The highest BCUT2D eigenvalue weighted by molar-refractivity contribution is 8.00. The molecule has 2 aromatic heterocycles. The van der Waals surface area contributed by atoms with E-state index in [2.05, 4.69) is 32.1 Å². The Labute approximate surface area is 206 Å². The minimum Gasteiger partial charge on any atom is -0.497 e. The smallest absolute Gasteiger partial charge is 0.233 e. The number of hydrogen-bond donors (Lipinski definition) is 0. The summed E-state index contributed by atoms with van der Waals surface area (Å²) in [7, 11) is 1.66. The van der Waals surface area contributed by atoms with Crippen LogP contribution in [-0.4, -0.2) is 69.6 Å². The quantitative estimate of drug-likeness (QED) is 0.297. The van der Waals surface area contributed by atoms with Gasteiger partial charge in [0.2, 0.25) is 5.91 Å². The van der Waals surface area contributed by atoms with Crippen molar-refractivity contribution < 1.29 is 9.53 Å². The summed E-state index contributed by atoms with van der Waals surface area (Å²) >= 11 is 7.42. The molecule has 0 aliphatic carbocycles. The van der Waals surface area contributed by atoms with Gasteiger partial charge in [-0.3, -0.25) is 4.79 Å². The highest BCUT2D eigenvalue weighted by atomic mass is 35.5. The summed E-state index contributed by atoms with van der Waals surface area (Å²) in [6, 6.07) is 15.4. The van der Waals surface area contributed by atoms with Crippen LogP contribution in [0.5, 0.6) is 5.75 Å². The van der Waals surface area contributed by atoms with Gasteiger partial charge in [-0.1, -0.05) is 23.4 Å². The summed E-state index contributed by atoms with van der Waals surface area (Å²) < 4.78 is 6.98. The lowest BCUT2D eigenvalue weighted by Gasteiger charge is -2.36. The number of benzene rings is 2. The van der Waals surface area contributed by atoms with Crippen LogP contribution in [0, 0.1) is 0 Å². The van der Waals surface area contributed by atoms with E-state index >= 15 is 0 Å². The number of thioether (sulfide) groups is 1. The second-order valence-corrected chi connectivity index (χ2v) is 9.20. The van der Waals surface area contributed by atoms with Gasteiger partial charge in [0.05, 0.1) is 30.1 Å². The van der Waals surface area contributed by atoms with Gasteiger partial charge in [0.1, 0.15) is 17.1 Å². The molecule has 1 aliphatic rings. The largest absolute Gasteiger partial charge is 0.497 e. The molecule has 0 N–H and O–H groups in total. The molecule has 0 spiro atoms. The Hall–Kier alpha value is -3.30. The lowest BCUT2D eigenvalue weighted by atomic mass is 10.2. The number of methoxy groups -OCH3 is 1. The minimum atomic E-state index is 0.108. The number of aromatic nitrogens is 4. The van der Waals surface area contributed by atoms with Crippen molar-refractivity contribution in [3.05, 3.63) is 66.1 Å². The number of amides is 1. The lowest BCUT2D eigenvalue weighted by Crippen LogP contribution is -2.49. The third-order valence-corrected chi connectivity index (χ3v) is 7.04. The van der Waals surface area contributed by atoms with Crippen LogP contribution in [0.25, 0.3) is 16.7 Å². The topological polar surface area (TPSA) is 76.4 Å². The molecule has 1 aliphatic heterocycles. The van der Waals surface area contributed by atoms with Crippen molar-refractivity contribution in [3.8, 4) is 11.4 Å². The van der Waals surface area contributed by atoms with E-state index < -0.39 is 0 Å². The number of piperazine rings is 1. The summed E-state index contributed by atoms with van der Waals surface area (Å²) in [6.45, 7) is 2.99. The number of ether oxygens (including phenoxy) is 1. The number of fused-ring (bicyclic) bond motifs is 1. The van der Waals surface area contributed by atoms with Crippen LogP contribution >= 0.6 is 23.4 Å². The van der Waals surface area contributed by atoms with E-state index in [0.717, 1.165) is 40.6 Å². The summed E-state index contributed by atoms with van der Waals surface area (Å²) in [5.41, 5.74) is 2.70. The normalized spacial score (nSPS) is 13.9. The van der Waals surface area contributed by atoms with Crippen LogP contribution in [-0.2, 0) is 4.79 Å². The maximum Gasteiger partial charge on any atom is 0.233 e. The molecule has 3 heterocycles. The van der Waals surface area contributed by atoms with E-state index in [0.29, 0.717) is 29.5 Å². The fourth-order valence-electron chi connectivity index (χ4n) is 3.94. The van der Waals surface area contributed by atoms with E-state index in [1.165, 1.54) is 18.1 Å². The maximum atomic E-state index is 12.9. The third-order valence-electron chi connectivity index (χ3n) is 5.80. The fraction of sp³-hybridized carbons (Fsp3) is 0.250. The van der Waals surface area contributed by atoms with Crippen molar-refractivity contribution in [2.45, 2.75) is 5.03 Å². The molecule has 0 radical (unpaired) electrons. The first-order chi connectivity index (χ1) is 16.6. The zero-order valence-electron chi connectivity index (χ0n) is 18.6. The van der Waals surface area contributed by atoms with Crippen molar-refractivity contribution in [1.29, 1.82) is 0 Å². The number of halogens is 1. The molecule has 34 heavy (non-hydrogen) atoms. The first-order valence-corrected chi connectivity index (χ1v) is 12.2. The first-order valence-electron chi connectivity index (χ1n) is 10.9. The number of carbonyl (C=O) groups excluding carboxylic acids is 1. The third kappa shape index (κ3) is 4.67. The van der Waals surface area contributed by atoms with Crippen LogP contribution in [0.3, 0.4) is 0 Å². The van der Waals surface area contributed by atoms with Crippen molar-refractivity contribution in [3.63, 3.8) is 0 Å². The highest BCUT2D eigenvalue weighted by Gasteiger charge is 2.22. The summed E-state index contributed by atoms with van der Waals surface area (Å²) in [5.74, 6) is 1.27. The molecular formula is C24H23ClN6O2S. The highest BCUT2D eigenvalue weighted by Crippen LogP contribution is 2.27. The standard InChI is InChI=1S/C24H23ClN6O2S/c1-33-20-8-6-18(7-9-20)29-10-12-30(13-11-29)22(32)15-34-24-21-14-28-31(23(21)26-16-27-24)19-4-2-17(25)3-5-19/h2-9,14,16H,10-13,15H2,1H3. The van der Waals surface area contributed by atoms with Crippen LogP contribution in [0.15, 0.2) is 66.1 Å². The SMILES string of the molecule is COc1ccc(N2CCN(C(=O)CSc3ncnc4c3cnn4-c3ccc(Cl)cc3)CC2)cc1. The van der Waals surface area contributed by atoms with Gasteiger partial charge >= 0.3 is 0 Å². The number of carbonyl (C=O) groups is 1. The molecule has 2 aromatic carbocycles. The molecule has 1 saturated heterocycles. The number of nitrogens with zero attached hydrogens (tertiary/aromatic N) is 6. The zero-order valence-corrected chi connectivity index (χ0v) is 20.2. The van der Waals surface area contributed by atoms with Crippen LogP contribution in [0.2, 0.25) is 5.02 Å². The monoisotopic (exact) mass is 494 g/mol. The predicted molar refractivity (Wildman–Crippen MR) is 134 cm³/mol. The van der Waals surface area contributed by atoms with Gasteiger partial charge in [0, 0.05) is 36.9 Å². The average molecular weight is 495 g/mol. The van der Waals surface area contributed by atoms with Gasteiger partial charge in [-0.15, -0.1) is 0 Å². The van der Waals surface area contributed by atoms with Crippen molar-refractivity contribution in [2.75, 3.05) is 43.9 Å². The fourth-order valence-corrected chi connectivity index (χ4v) is 4.93. The van der Waals surface area contributed by atoms with Crippen molar-refractivity contribution in [2.24, 2.45) is 0 Å². The second kappa shape index (κ2) is 9.90. The summed E-state index contributed by atoms with van der Waals surface area (Å²) in [4.78, 5) is 25.9. The Morgan fingerprint density at radius 3 is 2.41 bits per heavy atom. The maximum absolute atomic E-state index is 12.9. The first kappa shape index (κ1) is 22.5. The minimum absolute atomic E-state index is 0.108. The molecule has 1 fully saturated rings. The van der Waals surface area contributed by atoms with Gasteiger partial charge < -0.3 is 14.5 Å². The van der Waals surface area contributed by atoms with Gasteiger partial charge in [0.15, 0.2) is 5.65 Å².